The third-order valence-corrected chi connectivity index (χ3v) is 4.19. The summed E-state index contributed by atoms with van der Waals surface area (Å²) in [5.74, 6) is 0. The van der Waals surface area contributed by atoms with Gasteiger partial charge >= 0.3 is 0 Å². The Morgan fingerprint density at radius 3 is 2.63 bits per heavy atom. The Kier molecular flexibility index (Phi) is 5.92. The Morgan fingerprint density at radius 2 is 2.00 bits per heavy atom. The van der Waals surface area contributed by atoms with Gasteiger partial charge in [0, 0.05) is 29.2 Å². The molecule has 1 heterocycles. The molecule has 1 aromatic carbocycles. The minimum absolute atomic E-state index is 0.176. The second kappa shape index (κ2) is 7.46. The number of nitrogens with one attached hydrogen (secondary N) is 1. The first kappa shape index (κ1) is 15.1. The molecule has 0 amide bonds. The molecule has 19 heavy (non-hydrogen) atoms. The summed E-state index contributed by atoms with van der Waals surface area (Å²) in [5, 5.41) is 14.0. The Balaban J connectivity index is 2.06. The third-order valence-electron chi connectivity index (χ3n) is 3.60. The van der Waals surface area contributed by atoms with E-state index in [1.54, 1.807) is 6.07 Å². The minimum Gasteiger partial charge on any atom is -0.395 e. The molecule has 1 aliphatic rings. The molecular weight excluding hydrogens is 283 g/mol. The van der Waals surface area contributed by atoms with Crippen LogP contribution < -0.4 is 5.32 Å². The molecule has 1 aliphatic heterocycles. The van der Waals surface area contributed by atoms with Gasteiger partial charge in [-0.2, -0.15) is 0 Å². The molecule has 0 saturated carbocycles. The number of aliphatic hydroxyl groups excluding tert-OH is 1. The molecule has 2 rings (SSSR count). The molecule has 2 N–H and O–H groups in total. The number of halogens is 2. The summed E-state index contributed by atoms with van der Waals surface area (Å²) in [5.41, 5.74) is 1.07. The van der Waals surface area contributed by atoms with Gasteiger partial charge in [-0.25, -0.2) is 0 Å². The Hall–Kier alpha value is -0.320. The van der Waals surface area contributed by atoms with Crippen molar-refractivity contribution in [1.29, 1.82) is 0 Å². The second-order valence-corrected chi connectivity index (χ2v) is 5.75. The van der Waals surface area contributed by atoms with E-state index in [4.69, 9.17) is 23.2 Å². The van der Waals surface area contributed by atoms with E-state index in [1.807, 2.05) is 12.1 Å². The summed E-state index contributed by atoms with van der Waals surface area (Å²) >= 11 is 12.1. The van der Waals surface area contributed by atoms with E-state index in [0.717, 1.165) is 38.0 Å². The summed E-state index contributed by atoms with van der Waals surface area (Å²) in [6, 6.07) is 6.12. The molecular formula is C14H20Cl2N2O. The van der Waals surface area contributed by atoms with E-state index in [9.17, 15) is 5.11 Å². The molecule has 0 aromatic heterocycles. The molecule has 1 fully saturated rings. The van der Waals surface area contributed by atoms with Crippen LogP contribution in [0.2, 0.25) is 10.0 Å². The van der Waals surface area contributed by atoms with Gasteiger partial charge in [-0.3, -0.25) is 4.90 Å². The second-order valence-electron chi connectivity index (χ2n) is 4.91. The van der Waals surface area contributed by atoms with Crippen molar-refractivity contribution in [3.05, 3.63) is 33.8 Å². The first-order valence-electron chi connectivity index (χ1n) is 6.70. The van der Waals surface area contributed by atoms with E-state index in [2.05, 4.69) is 10.2 Å². The zero-order valence-corrected chi connectivity index (χ0v) is 12.4. The SMILES string of the molecule is OCCN(Cc1ccc(Cl)cc1Cl)C1CCNCC1. The molecule has 3 nitrogen and oxygen atoms in total. The third kappa shape index (κ3) is 4.33. The quantitative estimate of drug-likeness (QED) is 0.877. The first-order valence-corrected chi connectivity index (χ1v) is 7.46. The average molecular weight is 303 g/mol. The lowest BCUT2D eigenvalue weighted by molar-refractivity contribution is 0.121. The molecule has 0 aliphatic carbocycles. The number of piperidine rings is 1. The Morgan fingerprint density at radius 1 is 1.26 bits per heavy atom. The van der Waals surface area contributed by atoms with E-state index in [0.29, 0.717) is 22.6 Å². The fourth-order valence-electron chi connectivity index (χ4n) is 2.56. The fraction of sp³-hybridized carbons (Fsp3) is 0.571. The normalized spacial score (nSPS) is 17.1. The van der Waals surface area contributed by atoms with Crippen LogP contribution in [0.3, 0.4) is 0 Å². The van der Waals surface area contributed by atoms with Gasteiger partial charge in [0.25, 0.3) is 0 Å². The first-order chi connectivity index (χ1) is 9.20. The summed E-state index contributed by atoms with van der Waals surface area (Å²) in [7, 11) is 0. The van der Waals surface area contributed by atoms with Crippen LogP contribution in [0.25, 0.3) is 0 Å². The molecule has 106 valence electrons. The zero-order valence-electron chi connectivity index (χ0n) is 10.9. The van der Waals surface area contributed by atoms with Crippen molar-refractivity contribution in [3.63, 3.8) is 0 Å². The monoisotopic (exact) mass is 302 g/mol. The molecule has 0 radical (unpaired) electrons. The van der Waals surface area contributed by atoms with E-state index in [1.165, 1.54) is 0 Å². The van der Waals surface area contributed by atoms with Gasteiger partial charge in [0.1, 0.15) is 0 Å². The Bertz CT molecular complexity index is 408. The molecule has 1 saturated heterocycles. The van der Waals surface area contributed by atoms with Gasteiger partial charge in [-0.05, 0) is 43.6 Å². The van der Waals surface area contributed by atoms with Crippen LogP contribution in [0.5, 0.6) is 0 Å². The average Bonchev–Trinajstić information content (AvgIpc) is 2.42. The summed E-state index contributed by atoms with van der Waals surface area (Å²) < 4.78 is 0. The van der Waals surface area contributed by atoms with Gasteiger partial charge in [0.05, 0.1) is 6.61 Å². The van der Waals surface area contributed by atoms with Crippen LogP contribution in [-0.2, 0) is 6.54 Å². The highest BCUT2D eigenvalue weighted by Gasteiger charge is 2.21. The maximum atomic E-state index is 9.25. The lowest BCUT2D eigenvalue weighted by Crippen LogP contribution is -2.43. The predicted molar refractivity (Wildman–Crippen MR) is 79.8 cm³/mol. The number of rotatable bonds is 5. The molecule has 0 bridgehead atoms. The van der Waals surface area contributed by atoms with Crippen molar-refractivity contribution >= 4 is 23.2 Å². The highest BCUT2D eigenvalue weighted by molar-refractivity contribution is 6.35. The number of hydrogen-bond donors (Lipinski definition) is 2. The maximum absolute atomic E-state index is 9.25. The summed E-state index contributed by atoms with van der Waals surface area (Å²) in [6.07, 6.45) is 2.23. The number of hydrogen-bond acceptors (Lipinski definition) is 3. The summed E-state index contributed by atoms with van der Waals surface area (Å²) in [6.45, 7) is 3.71. The van der Waals surface area contributed by atoms with Crippen LogP contribution in [0.4, 0.5) is 0 Å². The van der Waals surface area contributed by atoms with Gasteiger partial charge in [-0.15, -0.1) is 0 Å². The fourth-order valence-corrected chi connectivity index (χ4v) is 3.03. The van der Waals surface area contributed by atoms with Crippen molar-refractivity contribution in [2.45, 2.75) is 25.4 Å². The zero-order chi connectivity index (χ0) is 13.7. The number of nitrogens with zero attached hydrogens (tertiary/aromatic N) is 1. The van der Waals surface area contributed by atoms with E-state index >= 15 is 0 Å². The van der Waals surface area contributed by atoms with Gasteiger partial charge in [0.15, 0.2) is 0 Å². The molecule has 0 spiro atoms. The van der Waals surface area contributed by atoms with E-state index in [-0.39, 0.29) is 6.61 Å². The van der Waals surface area contributed by atoms with Crippen LogP contribution in [0.1, 0.15) is 18.4 Å². The van der Waals surface area contributed by atoms with Gasteiger partial charge in [0.2, 0.25) is 0 Å². The molecule has 0 unspecified atom stereocenters. The predicted octanol–water partition coefficient (Wildman–Crippen LogP) is 2.54. The lowest BCUT2D eigenvalue weighted by Gasteiger charge is -2.34. The number of aliphatic hydroxyl groups is 1. The van der Waals surface area contributed by atoms with Crippen LogP contribution in [0.15, 0.2) is 18.2 Å². The van der Waals surface area contributed by atoms with Crippen molar-refractivity contribution in [2.24, 2.45) is 0 Å². The van der Waals surface area contributed by atoms with Crippen molar-refractivity contribution in [2.75, 3.05) is 26.2 Å². The molecule has 1 aromatic rings. The highest BCUT2D eigenvalue weighted by atomic mass is 35.5. The minimum atomic E-state index is 0.176. The highest BCUT2D eigenvalue weighted by Crippen LogP contribution is 2.24. The molecule has 5 heteroatoms. The van der Waals surface area contributed by atoms with Crippen LogP contribution >= 0.6 is 23.2 Å². The largest absolute Gasteiger partial charge is 0.395 e. The van der Waals surface area contributed by atoms with Crippen molar-refractivity contribution in [3.8, 4) is 0 Å². The van der Waals surface area contributed by atoms with E-state index < -0.39 is 0 Å². The van der Waals surface area contributed by atoms with Gasteiger partial charge in [-0.1, -0.05) is 29.3 Å². The Labute approximate surface area is 124 Å². The topological polar surface area (TPSA) is 35.5 Å². The maximum Gasteiger partial charge on any atom is 0.0558 e. The standard InChI is InChI=1S/C14H20Cl2N2O/c15-12-2-1-11(14(16)9-12)10-18(7-8-19)13-3-5-17-6-4-13/h1-2,9,13,17,19H,3-8,10H2. The van der Waals surface area contributed by atoms with Crippen molar-refractivity contribution < 1.29 is 5.11 Å². The van der Waals surface area contributed by atoms with Crippen LogP contribution in [0, 0.1) is 0 Å². The van der Waals surface area contributed by atoms with Crippen molar-refractivity contribution in [1.82, 2.24) is 10.2 Å². The lowest BCUT2D eigenvalue weighted by atomic mass is 10.0. The summed E-state index contributed by atoms with van der Waals surface area (Å²) in [4.78, 5) is 2.32. The molecule has 0 atom stereocenters. The van der Waals surface area contributed by atoms with Crippen LogP contribution in [-0.4, -0.2) is 42.3 Å². The van der Waals surface area contributed by atoms with Gasteiger partial charge < -0.3 is 10.4 Å². The smallest absolute Gasteiger partial charge is 0.0558 e. The number of benzene rings is 1.